The Labute approximate surface area is 102 Å². The molecular formula is C12H20N4O. The van der Waals surface area contributed by atoms with Gasteiger partial charge in [-0.25, -0.2) is 0 Å². The van der Waals surface area contributed by atoms with Crippen molar-refractivity contribution in [2.24, 2.45) is 13.0 Å². The smallest absolute Gasteiger partial charge is 0.223 e. The molecule has 1 aromatic heterocycles. The average Bonchev–Trinajstić information content (AvgIpc) is 3.07. The Kier molecular flexibility index (Phi) is 3.78. The number of hydrogen-bond donors (Lipinski definition) is 2. The van der Waals surface area contributed by atoms with Crippen molar-refractivity contribution >= 4 is 5.91 Å². The van der Waals surface area contributed by atoms with Crippen LogP contribution in [0.5, 0.6) is 0 Å². The van der Waals surface area contributed by atoms with E-state index in [1.807, 2.05) is 17.8 Å². The van der Waals surface area contributed by atoms with Gasteiger partial charge < -0.3 is 10.6 Å². The van der Waals surface area contributed by atoms with Gasteiger partial charge in [-0.3, -0.25) is 9.48 Å². The number of carbonyl (C=O) groups excluding carboxylic acids is 1. The van der Waals surface area contributed by atoms with Crippen LogP contribution in [0.3, 0.4) is 0 Å². The highest BCUT2D eigenvalue weighted by Crippen LogP contribution is 2.28. The van der Waals surface area contributed by atoms with E-state index in [4.69, 9.17) is 0 Å². The van der Waals surface area contributed by atoms with Gasteiger partial charge in [0.1, 0.15) is 0 Å². The van der Waals surface area contributed by atoms with Crippen LogP contribution < -0.4 is 10.6 Å². The number of aromatic nitrogens is 2. The third kappa shape index (κ3) is 3.30. The first-order valence-electron chi connectivity index (χ1n) is 6.17. The minimum Gasteiger partial charge on any atom is -0.355 e. The summed E-state index contributed by atoms with van der Waals surface area (Å²) in [5, 5.41) is 10.4. The van der Waals surface area contributed by atoms with Crippen molar-refractivity contribution in [1.29, 1.82) is 0 Å². The zero-order valence-corrected chi connectivity index (χ0v) is 10.4. The van der Waals surface area contributed by atoms with Crippen molar-refractivity contribution in [3.05, 3.63) is 18.0 Å². The maximum atomic E-state index is 11.4. The van der Waals surface area contributed by atoms with E-state index < -0.39 is 0 Å². The molecule has 1 aliphatic carbocycles. The molecule has 0 aromatic carbocycles. The fourth-order valence-electron chi connectivity index (χ4n) is 1.88. The number of nitrogens with zero attached hydrogens (tertiary/aromatic N) is 2. The van der Waals surface area contributed by atoms with E-state index in [0.29, 0.717) is 12.5 Å². The van der Waals surface area contributed by atoms with Gasteiger partial charge in [0.25, 0.3) is 0 Å². The van der Waals surface area contributed by atoms with Crippen molar-refractivity contribution in [3.8, 4) is 0 Å². The van der Waals surface area contributed by atoms with Gasteiger partial charge in [0.15, 0.2) is 0 Å². The van der Waals surface area contributed by atoms with Crippen LogP contribution in [0.25, 0.3) is 0 Å². The molecule has 1 saturated carbocycles. The lowest BCUT2D eigenvalue weighted by molar-refractivity contribution is -0.122. The first-order valence-corrected chi connectivity index (χ1v) is 6.17. The molecule has 0 saturated heterocycles. The van der Waals surface area contributed by atoms with E-state index in [9.17, 15) is 4.79 Å². The van der Waals surface area contributed by atoms with E-state index >= 15 is 0 Å². The lowest BCUT2D eigenvalue weighted by Gasteiger charge is -2.14. The van der Waals surface area contributed by atoms with Crippen molar-refractivity contribution in [3.63, 3.8) is 0 Å². The zero-order valence-electron chi connectivity index (χ0n) is 10.4. The Hall–Kier alpha value is -1.36. The molecule has 1 fully saturated rings. The van der Waals surface area contributed by atoms with Gasteiger partial charge in [-0.15, -0.1) is 0 Å². The van der Waals surface area contributed by atoms with Gasteiger partial charge in [0.2, 0.25) is 5.91 Å². The number of nitrogens with one attached hydrogen (secondary N) is 2. The standard InChI is InChI=1S/C12H20N4O/c1-9(11-5-6-15-16(11)2)13-7-8-14-12(17)10-3-4-10/h5-6,9-10,13H,3-4,7-8H2,1-2H3,(H,14,17). The summed E-state index contributed by atoms with van der Waals surface area (Å²) in [6.07, 6.45) is 3.91. The summed E-state index contributed by atoms with van der Waals surface area (Å²) in [5.41, 5.74) is 1.15. The molecule has 1 atom stereocenters. The molecule has 1 amide bonds. The first-order chi connectivity index (χ1) is 8.18. The van der Waals surface area contributed by atoms with Gasteiger partial charge in [0, 0.05) is 38.3 Å². The summed E-state index contributed by atoms with van der Waals surface area (Å²) < 4.78 is 1.86. The highest BCUT2D eigenvalue weighted by atomic mass is 16.2. The Morgan fingerprint density at radius 3 is 2.94 bits per heavy atom. The molecule has 1 aromatic rings. The zero-order chi connectivity index (χ0) is 12.3. The first kappa shape index (κ1) is 12.1. The molecule has 2 N–H and O–H groups in total. The summed E-state index contributed by atoms with van der Waals surface area (Å²) in [7, 11) is 1.93. The second-order valence-corrected chi connectivity index (χ2v) is 4.62. The Morgan fingerprint density at radius 1 is 1.59 bits per heavy atom. The maximum absolute atomic E-state index is 11.4. The lowest BCUT2D eigenvalue weighted by Crippen LogP contribution is -2.34. The van der Waals surface area contributed by atoms with E-state index in [2.05, 4.69) is 22.7 Å². The highest BCUT2D eigenvalue weighted by Gasteiger charge is 2.28. The van der Waals surface area contributed by atoms with Crippen molar-refractivity contribution in [2.45, 2.75) is 25.8 Å². The molecule has 0 bridgehead atoms. The van der Waals surface area contributed by atoms with Crippen LogP contribution in [0.1, 0.15) is 31.5 Å². The predicted molar refractivity (Wildman–Crippen MR) is 65.4 cm³/mol. The molecule has 0 aliphatic heterocycles. The molecule has 5 nitrogen and oxygen atoms in total. The molecular weight excluding hydrogens is 216 g/mol. The van der Waals surface area contributed by atoms with E-state index in [-0.39, 0.29) is 11.9 Å². The number of hydrogen-bond acceptors (Lipinski definition) is 3. The molecule has 1 aliphatic rings. The molecule has 1 heterocycles. The summed E-state index contributed by atoms with van der Waals surface area (Å²) in [5.74, 6) is 0.504. The Balaban J connectivity index is 1.64. The molecule has 94 valence electrons. The second kappa shape index (κ2) is 5.31. The summed E-state index contributed by atoms with van der Waals surface area (Å²) in [6, 6.07) is 2.25. The van der Waals surface area contributed by atoms with Crippen molar-refractivity contribution in [2.75, 3.05) is 13.1 Å². The molecule has 17 heavy (non-hydrogen) atoms. The Morgan fingerprint density at radius 2 is 2.35 bits per heavy atom. The van der Waals surface area contributed by atoms with Crippen LogP contribution in [0, 0.1) is 5.92 Å². The van der Waals surface area contributed by atoms with Gasteiger partial charge >= 0.3 is 0 Å². The van der Waals surface area contributed by atoms with Crippen LogP contribution in [0.15, 0.2) is 12.3 Å². The van der Waals surface area contributed by atoms with Gasteiger partial charge in [-0.05, 0) is 25.8 Å². The normalized spacial score (nSPS) is 16.8. The number of amides is 1. The topological polar surface area (TPSA) is 58.9 Å². The fraction of sp³-hybridized carbons (Fsp3) is 0.667. The summed E-state index contributed by atoms with van der Waals surface area (Å²) in [6.45, 7) is 3.57. The highest BCUT2D eigenvalue weighted by molar-refractivity contribution is 5.80. The number of aryl methyl sites for hydroxylation is 1. The summed E-state index contributed by atoms with van der Waals surface area (Å²) in [4.78, 5) is 11.4. The van der Waals surface area contributed by atoms with Crippen LogP contribution in [0.2, 0.25) is 0 Å². The van der Waals surface area contributed by atoms with Crippen molar-refractivity contribution < 1.29 is 4.79 Å². The summed E-state index contributed by atoms with van der Waals surface area (Å²) >= 11 is 0. The quantitative estimate of drug-likeness (QED) is 0.711. The third-order valence-corrected chi connectivity index (χ3v) is 3.13. The number of rotatable bonds is 6. The van der Waals surface area contributed by atoms with E-state index in [1.54, 1.807) is 6.20 Å². The molecule has 0 radical (unpaired) electrons. The third-order valence-electron chi connectivity index (χ3n) is 3.13. The van der Waals surface area contributed by atoms with Crippen molar-refractivity contribution in [1.82, 2.24) is 20.4 Å². The molecule has 0 spiro atoms. The van der Waals surface area contributed by atoms with Gasteiger partial charge in [0.05, 0.1) is 5.69 Å². The maximum Gasteiger partial charge on any atom is 0.223 e. The molecule has 5 heteroatoms. The fourth-order valence-corrected chi connectivity index (χ4v) is 1.88. The van der Waals surface area contributed by atoms with Gasteiger partial charge in [-0.1, -0.05) is 0 Å². The largest absolute Gasteiger partial charge is 0.355 e. The van der Waals surface area contributed by atoms with E-state index in [1.165, 1.54) is 0 Å². The van der Waals surface area contributed by atoms with Crippen LogP contribution in [-0.4, -0.2) is 28.8 Å². The number of carbonyl (C=O) groups is 1. The van der Waals surface area contributed by atoms with Gasteiger partial charge in [-0.2, -0.15) is 5.10 Å². The SMILES string of the molecule is CC(NCCNC(=O)C1CC1)c1ccnn1C. The molecule has 2 rings (SSSR count). The molecule has 1 unspecified atom stereocenters. The monoisotopic (exact) mass is 236 g/mol. The predicted octanol–water partition coefficient (Wildman–Crippen LogP) is 0.597. The van der Waals surface area contributed by atoms with Crippen LogP contribution >= 0.6 is 0 Å². The van der Waals surface area contributed by atoms with Crippen LogP contribution in [-0.2, 0) is 11.8 Å². The average molecular weight is 236 g/mol. The van der Waals surface area contributed by atoms with E-state index in [0.717, 1.165) is 25.1 Å². The Bertz CT molecular complexity index is 384. The van der Waals surface area contributed by atoms with Crippen LogP contribution in [0.4, 0.5) is 0 Å². The lowest BCUT2D eigenvalue weighted by atomic mass is 10.2. The second-order valence-electron chi connectivity index (χ2n) is 4.62. The minimum absolute atomic E-state index is 0.208. The minimum atomic E-state index is 0.208.